The standard InChI is InChI=1S/C13H22N4O6/c1-2-4-14-5-3-7-6-15-16-17(7)12-10(20)8(18)9(19)11(23-12)13(21)22/h6,8-12,14,18-20H,2-5H2,1H3,(H,21,22). The Balaban J connectivity index is 2.13. The molecule has 0 radical (unpaired) electrons. The van der Waals surface area contributed by atoms with Crippen LogP contribution in [0.2, 0.25) is 0 Å². The average molecular weight is 330 g/mol. The second-order valence-corrected chi connectivity index (χ2v) is 5.43. The molecule has 1 aromatic heterocycles. The van der Waals surface area contributed by atoms with Crippen LogP contribution in [0.4, 0.5) is 0 Å². The average Bonchev–Trinajstić information content (AvgIpc) is 2.97. The van der Waals surface area contributed by atoms with Crippen LogP contribution >= 0.6 is 0 Å². The van der Waals surface area contributed by atoms with Crippen molar-refractivity contribution in [1.29, 1.82) is 0 Å². The number of carboxylic acids is 1. The fourth-order valence-electron chi connectivity index (χ4n) is 2.44. The van der Waals surface area contributed by atoms with Crippen molar-refractivity contribution in [2.75, 3.05) is 13.1 Å². The van der Waals surface area contributed by atoms with E-state index in [2.05, 4.69) is 15.6 Å². The Kier molecular flexibility index (Phi) is 6.02. The van der Waals surface area contributed by atoms with E-state index in [0.717, 1.165) is 13.0 Å². The van der Waals surface area contributed by atoms with Gasteiger partial charge in [0, 0.05) is 13.0 Å². The summed E-state index contributed by atoms with van der Waals surface area (Å²) in [7, 11) is 0. The van der Waals surface area contributed by atoms with Gasteiger partial charge >= 0.3 is 5.97 Å². The van der Waals surface area contributed by atoms with Crippen molar-refractivity contribution >= 4 is 5.97 Å². The number of aliphatic carboxylic acids is 1. The van der Waals surface area contributed by atoms with Crippen LogP contribution in [0.3, 0.4) is 0 Å². The van der Waals surface area contributed by atoms with Crippen LogP contribution in [0.15, 0.2) is 6.20 Å². The minimum absolute atomic E-state index is 0.538. The zero-order chi connectivity index (χ0) is 17.0. The first-order valence-electron chi connectivity index (χ1n) is 7.49. The number of rotatable bonds is 7. The monoisotopic (exact) mass is 330 g/mol. The van der Waals surface area contributed by atoms with Gasteiger partial charge in [0.25, 0.3) is 0 Å². The largest absolute Gasteiger partial charge is 0.479 e. The summed E-state index contributed by atoms with van der Waals surface area (Å²) in [5.41, 5.74) is 0.616. The molecular weight excluding hydrogens is 308 g/mol. The summed E-state index contributed by atoms with van der Waals surface area (Å²) in [6.07, 6.45) is -4.79. The Labute approximate surface area is 132 Å². The highest BCUT2D eigenvalue weighted by Gasteiger charge is 2.48. The van der Waals surface area contributed by atoms with Gasteiger partial charge in [-0.15, -0.1) is 5.10 Å². The summed E-state index contributed by atoms with van der Waals surface area (Å²) in [5.74, 6) is -1.43. The first kappa shape index (κ1) is 17.8. The van der Waals surface area contributed by atoms with E-state index >= 15 is 0 Å². The Morgan fingerprint density at radius 3 is 2.70 bits per heavy atom. The third kappa shape index (κ3) is 3.85. The number of ether oxygens (including phenoxy) is 1. The molecule has 0 aliphatic carbocycles. The zero-order valence-corrected chi connectivity index (χ0v) is 12.7. The van der Waals surface area contributed by atoms with Crippen molar-refractivity contribution in [3.8, 4) is 0 Å². The van der Waals surface area contributed by atoms with E-state index in [0.29, 0.717) is 18.7 Å². The van der Waals surface area contributed by atoms with Crippen molar-refractivity contribution in [2.24, 2.45) is 0 Å². The van der Waals surface area contributed by atoms with Gasteiger partial charge in [0.1, 0.15) is 18.3 Å². The normalized spacial score (nSPS) is 31.2. The maximum atomic E-state index is 11.1. The number of aliphatic hydroxyl groups excluding tert-OH is 3. The molecule has 2 heterocycles. The fraction of sp³-hybridized carbons (Fsp3) is 0.769. The van der Waals surface area contributed by atoms with E-state index in [1.807, 2.05) is 6.92 Å². The van der Waals surface area contributed by atoms with Crippen molar-refractivity contribution in [2.45, 2.75) is 50.4 Å². The second kappa shape index (κ2) is 7.79. The van der Waals surface area contributed by atoms with E-state index in [1.54, 1.807) is 0 Å². The Morgan fingerprint density at radius 1 is 1.30 bits per heavy atom. The molecule has 1 fully saturated rings. The van der Waals surface area contributed by atoms with E-state index < -0.39 is 36.6 Å². The zero-order valence-electron chi connectivity index (χ0n) is 12.7. The van der Waals surface area contributed by atoms with Crippen LogP contribution in [0.25, 0.3) is 0 Å². The van der Waals surface area contributed by atoms with Crippen molar-refractivity contribution in [3.05, 3.63) is 11.9 Å². The molecule has 1 aliphatic heterocycles. The van der Waals surface area contributed by atoms with Crippen molar-refractivity contribution in [3.63, 3.8) is 0 Å². The van der Waals surface area contributed by atoms with Gasteiger partial charge in [-0.1, -0.05) is 12.1 Å². The molecular formula is C13H22N4O6. The molecule has 0 saturated carbocycles. The van der Waals surface area contributed by atoms with Gasteiger partial charge in [-0.2, -0.15) is 0 Å². The number of carbonyl (C=O) groups is 1. The number of nitrogens with one attached hydrogen (secondary N) is 1. The minimum atomic E-state index is -1.73. The molecule has 5 atom stereocenters. The lowest BCUT2D eigenvalue weighted by atomic mass is 9.98. The first-order chi connectivity index (χ1) is 11.0. The van der Waals surface area contributed by atoms with Crippen molar-refractivity contribution < 1.29 is 30.0 Å². The predicted octanol–water partition coefficient (Wildman–Crippen LogP) is -2.12. The lowest BCUT2D eigenvalue weighted by molar-refractivity contribution is -0.249. The summed E-state index contributed by atoms with van der Waals surface area (Å²) < 4.78 is 6.48. The number of carboxylic acid groups (broad SMARTS) is 1. The van der Waals surface area contributed by atoms with Crippen molar-refractivity contribution in [1.82, 2.24) is 20.3 Å². The SMILES string of the molecule is CCCNCCc1cnnn1C1OC(C(=O)O)C(O)C(O)C1O. The van der Waals surface area contributed by atoms with Crippen LogP contribution in [-0.2, 0) is 16.0 Å². The molecule has 1 saturated heterocycles. The molecule has 1 aliphatic rings. The summed E-state index contributed by atoms with van der Waals surface area (Å²) in [5, 5.41) is 49.5. The van der Waals surface area contributed by atoms with E-state index in [-0.39, 0.29) is 0 Å². The van der Waals surface area contributed by atoms with Gasteiger partial charge in [-0.25, -0.2) is 9.48 Å². The molecule has 1 aromatic rings. The molecule has 0 amide bonds. The van der Waals surface area contributed by atoms with Crippen LogP contribution in [-0.4, -0.2) is 78.9 Å². The van der Waals surface area contributed by atoms with Gasteiger partial charge in [0.15, 0.2) is 12.3 Å². The highest BCUT2D eigenvalue weighted by Crippen LogP contribution is 2.28. The Bertz CT molecular complexity index is 524. The maximum absolute atomic E-state index is 11.1. The smallest absolute Gasteiger partial charge is 0.335 e. The summed E-state index contributed by atoms with van der Waals surface area (Å²) in [6.45, 7) is 3.55. The number of hydrogen-bond acceptors (Lipinski definition) is 8. The van der Waals surface area contributed by atoms with Crippen LogP contribution in [0, 0.1) is 0 Å². The third-order valence-electron chi connectivity index (χ3n) is 3.71. The molecule has 0 aromatic carbocycles. The second-order valence-electron chi connectivity index (χ2n) is 5.43. The van der Waals surface area contributed by atoms with Crippen LogP contribution in [0.5, 0.6) is 0 Å². The molecule has 5 N–H and O–H groups in total. The van der Waals surface area contributed by atoms with Gasteiger partial charge in [-0.3, -0.25) is 0 Å². The van der Waals surface area contributed by atoms with Gasteiger partial charge in [-0.05, 0) is 13.0 Å². The quantitative estimate of drug-likeness (QED) is 0.354. The number of aliphatic hydroxyl groups is 3. The van der Waals surface area contributed by atoms with E-state index in [1.165, 1.54) is 10.9 Å². The van der Waals surface area contributed by atoms with Gasteiger partial charge < -0.3 is 30.5 Å². The molecule has 0 spiro atoms. The Morgan fingerprint density at radius 2 is 2.04 bits per heavy atom. The molecule has 2 rings (SSSR count). The molecule has 10 heteroatoms. The van der Waals surface area contributed by atoms with E-state index in [4.69, 9.17) is 9.84 Å². The third-order valence-corrected chi connectivity index (χ3v) is 3.71. The molecule has 5 unspecified atom stereocenters. The molecule has 10 nitrogen and oxygen atoms in total. The summed E-state index contributed by atoms with van der Waals surface area (Å²) in [6, 6.07) is 0. The first-order valence-corrected chi connectivity index (χ1v) is 7.49. The lowest BCUT2D eigenvalue weighted by Crippen LogP contribution is -2.58. The number of nitrogens with zero attached hydrogens (tertiary/aromatic N) is 3. The summed E-state index contributed by atoms with van der Waals surface area (Å²) in [4.78, 5) is 11.1. The number of hydrogen-bond donors (Lipinski definition) is 5. The molecule has 23 heavy (non-hydrogen) atoms. The Hall–Kier alpha value is -1.59. The molecule has 0 bridgehead atoms. The van der Waals surface area contributed by atoms with Crippen LogP contribution in [0.1, 0.15) is 25.3 Å². The molecule has 130 valence electrons. The topological polar surface area (TPSA) is 150 Å². The number of aromatic nitrogens is 3. The van der Waals surface area contributed by atoms with Gasteiger partial charge in [0.05, 0.1) is 11.9 Å². The lowest BCUT2D eigenvalue weighted by Gasteiger charge is -2.38. The predicted molar refractivity (Wildman–Crippen MR) is 76.5 cm³/mol. The highest BCUT2D eigenvalue weighted by molar-refractivity contribution is 5.73. The van der Waals surface area contributed by atoms with Crippen LogP contribution < -0.4 is 5.32 Å². The highest BCUT2D eigenvalue weighted by atomic mass is 16.6. The van der Waals surface area contributed by atoms with E-state index in [9.17, 15) is 20.1 Å². The van der Waals surface area contributed by atoms with Gasteiger partial charge in [0.2, 0.25) is 0 Å². The summed E-state index contributed by atoms with van der Waals surface area (Å²) >= 11 is 0. The fourth-order valence-corrected chi connectivity index (χ4v) is 2.44. The minimum Gasteiger partial charge on any atom is -0.479 e. The maximum Gasteiger partial charge on any atom is 0.335 e.